The average molecular weight is 301 g/mol. The van der Waals surface area contributed by atoms with Crippen molar-refractivity contribution in [3.05, 3.63) is 29.8 Å². The summed E-state index contributed by atoms with van der Waals surface area (Å²) in [5, 5.41) is 9.43. The first kappa shape index (κ1) is 17.4. The van der Waals surface area contributed by atoms with Gasteiger partial charge in [0.15, 0.2) is 0 Å². The van der Waals surface area contributed by atoms with Crippen LogP contribution in [-0.2, 0) is 11.2 Å². The molecule has 1 aromatic carbocycles. The van der Waals surface area contributed by atoms with Gasteiger partial charge in [0.25, 0.3) is 0 Å². The van der Waals surface area contributed by atoms with E-state index in [1.165, 1.54) is 12.1 Å². The molecular formula is C15H21F2NO3. The molecule has 0 radical (unpaired) electrons. The van der Waals surface area contributed by atoms with Gasteiger partial charge >= 0.3 is 6.61 Å². The molecule has 0 spiro atoms. The standard InChI is InChI=1S/C15H21F2NO3/c1-10(2)18(9-11(3)19)14(20)8-12-5-4-6-13(7-12)21-15(16)17/h4-7,10-11,15,19H,8-9H2,1-3H3. The van der Waals surface area contributed by atoms with Crippen molar-refractivity contribution in [3.8, 4) is 5.75 Å². The predicted molar refractivity (Wildman–Crippen MR) is 75.3 cm³/mol. The largest absolute Gasteiger partial charge is 0.435 e. The van der Waals surface area contributed by atoms with Crippen LogP contribution in [0.2, 0.25) is 0 Å². The van der Waals surface area contributed by atoms with E-state index in [2.05, 4.69) is 4.74 Å². The minimum atomic E-state index is -2.89. The van der Waals surface area contributed by atoms with Crippen LogP contribution in [0.15, 0.2) is 24.3 Å². The van der Waals surface area contributed by atoms with Crippen LogP contribution in [0, 0.1) is 0 Å². The third kappa shape index (κ3) is 6.08. The summed E-state index contributed by atoms with van der Waals surface area (Å²) >= 11 is 0. The fourth-order valence-corrected chi connectivity index (χ4v) is 1.99. The van der Waals surface area contributed by atoms with Crippen LogP contribution < -0.4 is 4.74 Å². The molecule has 0 aliphatic heterocycles. The SMILES string of the molecule is CC(O)CN(C(=O)Cc1cccc(OC(F)F)c1)C(C)C. The summed E-state index contributed by atoms with van der Waals surface area (Å²) in [5.41, 5.74) is 0.592. The van der Waals surface area contributed by atoms with Gasteiger partial charge in [-0.25, -0.2) is 0 Å². The number of hydrogen-bond donors (Lipinski definition) is 1. The van der Waals surface area contributed by atoms with E-state index in [4.69, 9.17) is 0 Å². The van der Waals surface area contributed by atoms with E-state index in [1.54, 1.807) is 24.0 Å². The van der Waals surface area contributed by atoms with E-state index in [9.17, 15) is 18.7 Å². The second kappa shape index (κ2) is 7.93. The van der Waals surface area contributed by atoms with Gasteiger partial charge in [-0.15, -0.1) is 0 Å². The summed E-state index contributed by atoms with van der Waals surface area (Å²) in [4.78, 5) is 13.8. The topological polar surface area (TPSA) is 49.8 Å². The highest BCUT2D eigenvalue weighted by molar-refractivity contribution is 5.79. The predicted octanol–water partition coefficient (Wildman–Crippen LogP) is 2.45. The number of hydrogen-bond acceptors (Lipinski definition) is 3. The molecule has 0 fully saturated rings. The van der Waals surface area contributed by atoms with Gasteiger partial charge in [-0.2, -0.15) is 8.78 Å². The fourth-order valence-electron chi connectivity index (χ4n) is 1.99. The van der Waals surface area contributed by atoms with Gasteiger partial charge < -0.3 is 14.7 Å². The lowest BCUT2D eigenvalue weighted by Gasteiger charge is -2.28. The van der Waals surface area contributed by atoms with E-state index in [1.807, 2.05) is 13.8 Å². The Morgan fingerprint density at radius 2 is 2.00 bits per heavy atom. The lowest BCUT2D eigenvalue weighted by molar-refractivity contribution is -0.133. The number of aliphatic hydroxyl groups excluding tert-OH is 1. The Kier molecular flexibility index (Phi) is 6.55. The Hall–Kier alpha value is -1.69. The van der Waals surface area contributed by atoms with Crippen LogP contribution in [0.1, 0.15) is 26.3 Å². The number of carbonyl (C=O) groups is 1. The normalized spacial score (nSPS) is 12.6. The molecule has 21 heavy (non-hydrogen) atoms. The number of rotatable bonds is 7. The molecular weight excluding hydrogens is 280 g/mol. The van der Waals surface area contributed by atoms with Crippen LogP contribution in [0.4, 0.5) is 8.78 Å². The highest BCUT2D eigenvalue weighted by Gasteiger charge is 2.19. The van der Waals surface area contributed by atoms with Crippen molar-refractivity contribution in [1.29, 1.82) is 0 Å². The second-order valence-electron chi connectivity index (χ2n) is 5.19. The number of amides is 1. The maximum absolute atomic E-state index is 12.2. The molecule has 0 heterocycles. The van der Waals surface area contributed by atoms with Gasteiger partial charge in [0, 0.05) is 12.6 Å². The van der Waals surface area contributed by atoms with Crippen LogP contribution in [0.25, 0.3) is 0 Å². The highest BCUT2D eigenvalue weighted by Crippen LogP contribution is 2.17. The Labute approximate surface area is 123 Å². The van der Waals surface area contributed by atoms with Crippen molar-refractivity contribution >= 4 is 5.91 Å². The number of aliphatic hydroxyl groups is 1. The van der Waals surface area contributed by atoms with Crippen molar-refractivity contribution in [3.63, 3.8) is 0 Å². The van der Waals surface area contributed by atoms with Crippen molar-refractivity contribution in [2.45, 2.75) is 45.9 Å². The van der Waals surface area contributed by atoms with Crippen LogP contribution in [0.3, 0.4) is 0 Å². The first-order valence-electron chi connectivity index (χ1n) is 6.81. The number of benzene rings is 1. The molecule has 1 unspecified atom stereocenters. The van der Waals surface area contributed by atoms with E-state index in [-0.39, 0.29) is 30.7 Å². The molecule has 4 nitrogen and oxygen atoms in total. The number of carbonyl (C=O) groups excluding carboxylic acids is 1. The molecule has 1 atom stereocenters. The zero-order chi connectivity index (χ0) is 16.0. The van der Waals surface area contributed by atoms with Gasteiger partial charge in [0.05, 0.1) is 12.5 Å². The molecule has 0 saturated carbocycles. The molecule has 0 saturated heterocycles. The maximum atomic E-state index is 12.2. The zero-order valence-electron chi connectivity index (χ0n) is 12.4. The molecule has 0 bridgehead atoms. The summed E-state index contributed by atoms with van der Waals surface area (Å²) in [6.07, 6.45) is -0.546. The lowest BCUT2D eigenvalue weighted by Crippen LogP contribution is -2.42. The lowest BCUT2D eigenvalue weighted by atomic mass is 10.1. The number of ether oxygens (including phenoxy) is 1. The van der Waals surface area contributed by atoms with Gasteiger partial charge in [-0.05, 0) is 38.5 Å². The second-order valence-corrected chi connectivity index (χ2v) is 5.19. The monoisotopic (exact) mass is 301 g/mol. The smallest absolute Gasteiger partial charge is 0.387 e. The molecule has 118 valence electrons. The molecule has 6 heteroatoms. The molecule has 0 aromatic heterocycles. The highest BCUT2D eigenvalue weighted by atomic mass is 19.3. The zero-order valence-corrected chi connectivity index (χ0v) is 12.4. The average Bonchev–Trinajstić information content (AvgIpc) is 2.34. The van der Waals surface area contributed by atoms with Crippen molar-refractivity contribution < 1.29 is 23.4 Å². The third-order valence-corrected chi connectivity index (χ3v) is 2.88. The van der Waals surface area contributed by atoms with Gasteiger partial charge in [0.1, 0.15) is 5.75 Å². The van der Waals surface area contributed by atoms with Crippen LogP contribution >= 0.6 is 0 Å². The molecule has 1 rings (SSSR count). The van der Waals surface area contributed by atoms with Crippen molar-refractivity contribution in [2.24, 2.45) is 0 Å². The van der Waals surface area contributed by atoms with Crippen molar-refractivity contribution in [1.82, 2.24) is 4.90 Å². The molecule has 1 amide bonds. The minimum absolute atomic E-state index is 0.0296. The number of halogens is 2. The molecule has 1 N–H and O–H groups in total. The van der Waals surface area contributed by atoms with Gasteiger partial charge in [-0.1, -0.05) is 12.1 Å². The minimum Gasteiger partial charge on any atom is -0.435 e. The summed E-state index contributed by atoms with van der Waals surface area (Å²) in [7, 11) is 0. The van der Waals surface area contributed by atoms with Crippen molar-refractivity contribution in [2.75, 3.05) is 6.54 Å². The van der Waals surface area contributed by atoms with E-state index in [0.29, 0.717) is 5.56 Å². The Morgan fingerprint density at radius 1 is 1.33 bits per heavy atom. The Morgan fingerprint density at radius 3 is 2.52 bits per heavy atom. The van der Waals surface area contributed by atoms with E-state index < -0.39 is 12.7 Å². The molecule has 0 aliphatic rings. The van der Waals surface area contributed by atoms with Gasteiger partial charge in [-0.3, -0.25) is 4.79 Å². The summed E-state index contributed by atoms with van der Waals surface area (Å²) in [5.74, 6) is -0.137. The Balaban J connectivity index is 2.76. The van der Waals surface area contributed by atoms with E-state index in [0.717, 1.165) is 0 Å². The fraction of sp³-hybridized carbons (Fsp3) is 0.533. The van der Waals surface area contributed by atoms with E-state index >= 15 is 0 Å². The first-order valence-corrected chi connectivity index (χ1v) is 6.81. The van der Waals surface area contributed by atoms with Gasteiger partial charge in [0.2, 0.25) is 5.91 Å². The molecule has 0 aliphatic carbocycles. The summed E-state index contributed by atoms with van der Waals surface area (Å²) in [6, 6.07) is 6.03. The van der Waals surface area contributed by atoms with Crippen LogP contribution in [-0.4, -0.2) is 41.2 Å². The number of nitrogens with zero attached hydrogens (tertiary/aromatic N) is 1. The summed E-state index contributed by atoms with van der Waals surface area (Å²) < 4.78 is 28.6. The maximum Gasteiger partial charge on any atom is 0.387 e. The third-order valence-electron chi connectivity index (χ3n) is 2.88. The number of alkyl halides is 2. The Bertz CT molecular complexity index is 464. The first-order chi connectivity index (χ1) is 9.79. The summed E-state index contributed by atoms with van der Waals surface area (Å²) in [6.45, 7) is 2.68. The quantitative estimate of drug-likeness (QED) is 0.841. The van der Waals surface area contributed by atoms with Crippen LogP contribution in [0.5, 0.6) is 5.75 Å². The molecule has 1 aromatic rings.